The van der Waals surface area contributed by atoms with Gasteiger partial charge in [-0.05, 0) is 6.42 Å². The van der Waals surface area contributed by atoms with Crippen molar-refractivity contribution in [2.75, 3.05) is 26.8 Å². The lowest BCUT2D eigenvalue weighted by Crippen LogP contribution is -2.48. The Bertz CT molecular complexity index is 234. The molecule has 3 unspecified atom stereocenters. The molecule has 2 aliphatic rings. The van der Waals surface area contributed by atoms with E-state index in [0.717, 1.165) is 13.0 Å². The van der Waals surface area contributed by atoms with E-state index in [1.807, 2.05) is 0 Å². The van der Waals surface area contributed by atoms with Crippen LogP contribution in [0.5, 0.6) is 0 Å². The summed E-state index contributed by atoms with van der Waals surface area (Å²) >= 11 is 0. The maximum absolute atomic E-state index is 11.5. The first kappa shape index (κ1) is 9.89. The van der Waals surface area contributed by atoms with E-state index >= 15 is 0 Å². The molecule has 0 spiro atoms. The molecule has 0 aromatic rings. The zero-order chi connectivity index (χ0) is 10.1. The molecule has 2 heterocycles. The number of rotatable bonds is 2. The number of carbonyl (C=O) groups excluding carboxylic acids is 1. The molecule has 3 atom stereocenters. The Morgan fingerprint density at radius 1 is 1.57 bits per heavy atom. The second-order valence-corrected chi connectivity index (χ2v) is 3.98. The van der Waals surface area contributed by atoms with Gasteiger partial charge in [0.1, 0.15) is 0 Å². The van der Waals surface area contributed by atoms with Crippen LogP contribution >= 0.6 is 0 Å². The van der Waals surface area contributed by atoms with E-state index in [4.69, 9.17) is 4.74 Å². The fourth-order valence-corrected chi connectivity index (χ4v) is 1.94. The lowest BCUT2D eigenvalue weighted by molar-refractivity contribution is -0.128. The van der Waals surface area contributed by atoms with Crippen LogP contribution in [0.1, 0.15) is 6.42 Å². The van der Waals surface area contributed by atoms with Crippen LogP contribution in [-0.2, 0) is 9.53 Å². The molecule has 2 rings (SSSR count). The molecule has 80 valence electrons. The van der Waals surface area contributed by atoms with Gasteiger partial charge in [0.15, 0.2) is 0 Å². The smallest absolute Gasteiger partial charge is 0.239 e. The van der Waals surface area contributed by atoms with Gasteiger partial charge >= 0.3 is 0 Å². The van der Waals surface area contributed by atoms with Gasteiger partial charge in [-0.25, -0.2) is 0 Å². The van der Waals surface area contributed by atoms with E-state index in [-0.39, 0.29) is 18.0 Å². The fourth-order valence-electron chi connectivity index (χ4n) is 1.94. The van der Waals surface area contributed by atoms with E-state index < -0.39 is 6.10 Å². The van der Waals surface area contributed by atoms with Crippen molar-refractivity contribution >= 4 is 5.91 Å². The van der Waals surface area contributed by atoms with Gasteiger partial charge in [-0.15, -0.1) is 0 Å². The molecular formula is C9H16N2O3. The van der Waals surface area contributed by atoms with E-state index in [9.17, 15) is 9.90 Å². The molecule has 0 saturated carbocycles. The summed E-state index contributed by atoms with van der Waals surface area (Å²) in [5, 5.41) is 12.6. The monoisotopic (exact) mass is 200 g/mol. The first-order chi connectivity index (χ1) is 6.68. The lowest BCUT2D eigenvalue weighted by Gasteiger charge is -2.18. The summed E-state index contributed by atoms with van der Waals surface area (Å²) in [5.41, 5.74) is 0. The summed E-state index contributed by atoms with van der Waals surface area (Å²) in [4.78, 5) is 13.2. The van der Waals surface area contributed by atoms with Gasteiger partial charge in [-0.1, -0.05) is 0 Å². The SMILES string of the molecule is CN1CCC(NC2COCC2O)C1=O. The average molecular weight is 200 g/mol. The molecule has 5 nitrogen and oxygen atoms in total. The van der Waals surface area contributed by atoms with Gasteiger partial charge in [-0.2, -0.15) is 0 Å². The quantitative estimate of drug-likeness (QED) is 0.573. The molecule has 0 radical (unpaired) electrons. The number of carbonyl (C=O) groups is 1. The van der Waals surface area contributed by atoms with Crippen molar-refractivity contribution in [3.05, 3.63) is 0 Å². The minimum Gasteiger partial charge on any atom is -0.389 e. The van der Waals surface area contributed by atoms with Crippen LogP contribution in [0, 0.1) is 0 Å². The average Bonchev–Trinajstić information content (AvgIpc) is 2.68. The molecule has 14 heavy (non-hydrogen) atoms. The van der Waals surface area contributed by atoms with E-state index in [1.165, 1.54) is 0 Å². The van der Waals surface area contributed by atoms with Gasteiger partial charge < -0.3 is 14.7 Å². The van der Waals surface area contributed by atoms with Gasteiger partial charge in [-0.3, -0.25) is 10.1 Å². The second-order valence-electron chi connectivity index (χ2n) is 3.98. The van der Waals surface area contributed by atoms with Gasteiger partial charge in [0.05, 0.1) is 31.4 Å². The number of hydrogen-bond donors (Lipinski definition) is 2. The highest BCUT2D eigenvalue weighted by atomic mass is 16.5. The molecule has 1 amide bonds. The third-order valence-corrected chi connectivity index (χ3v) is 2.89. The molecule has 0 aliphatic carbocycles. The van der Waals surface area contributed by atoms with Crippen molar-refractivity contribution < 1.29 is 14.6 Å². The highest BCUT2D eigenvalue weighted by Gasteiger charge is 2.34. The highest BCUT2D eigenvalue weighted by Crippen LogP contribution is 2.12. The van der Waals surface area contributed by atoms with Crippen molar-refractivity contribution in [2.24, 2.45) is 0 Å². The van der Waals surface area contributed by atoms with Crippen molar-refractivity contribution in [3.63, 3.8) is 0 Å². The Balaban J connectivity index is 1.88. The van der Waals surface area contributed by atoms with Crippen LogP contribution in [0.25, 0.3) is 0 Å². The summed E-state index contributed by atoms with van der Waals surface area (Å²) in [6.07, 6.45) is 0.340. The Morgan fingerprint density at radius 3 is 2.86 bits per heavy atom. The molecule has 2 saturated heterocycles. The van der Waals surface area contributed by atoms with E-state index in [0.29, 0.717) is 13.2 Å². The number of nitrogens with zero attached hydrogens (tertiary/aromatic N) is 1. The van der Waals surface area contributed by atoms with Crippen molar-refractivity contribution in [2.45, 2.75) is 24.6 Å². The number of nitrogens with one attached hydrogen (secondary N) is 1. The Hall–Kier alpha value is -0.650. The molecule has 5 heteroatoms. The summed E-state index contributed by atoms with van der Waals surface area (Å²) in [6, 6.07) is -0.225. The number of likely N-dealkylation sites (N-methyl/N-ethyl adjacent to an activating group) is 1. The third kappa shape index (κ3) is 1.75. The lowest BCUT2D eigenvalue weighted by atomic mass is 10.1. The summed E-state index contributed by atoms with van der Waals surface area (Å²) in [7, 11) is 1.80. The van der Waals surface area contributed by atoms with Crippen LogP contribution in [0.4, 0.5) is 0 Å². The molecule has 0 aromatic carbocycles. The van der Waals surface area contributed by atoms with Crippen molar-refractivity contribution in [1.29, 1.82) is 0 Å². The Morgan fingerprint density at radius 2 is 2.36 bits per heavy atom. The number of hydrogen-bond acceptors (Lipinski definition) is 4. The van der Waals surface area contributed by atoms with Gasteiger partial charge in [0.2, 0.25) is 5.91 Å². The maximum Gasteiger partial charge on any atom is 0.239 e. The Labute approximate surface area is 83.0 Å². The first-order valence-electron chi connectivity index (χ1n) is 4.95. The number of amides is 1. The standard InChI is InChI=1S/C9H16N2O3/c1-11-3-2-6(9(11)13)10-7-4-14-5-8(7)12/h6-8,10,12H,2-5H2,1H3. The van der Waals surface area contributed by atoms with Crippen LogP contribution in [-0.4, -0.2) is 60.9 Å². The van der Waals surface area contributed by atoms with E-state index in [2.05, 4.69) is 5.32 Å². The van der Waals surface area contributed by atoms with Crippen molar-refractivity contribution in [3.8, 4) is 0 Å². The molecule has 2 fully saturated rings. The minimum atomic E-state index is -0.478. The second kappa shape index (κ2) is 3.84. The molecule has 0 bridgehead atoms. The number of aliphatic hydroxyl groups excluding tert-OH is 1. The maximum atomic E-state index is 11.5. The largest absolute Gasteiger partial charge is 0.389 e. The topological polar surface area (TPSA) is 61.8 Å². The zero-order valence-corrected chi connectivity index (χ0v) is 8.27. The predicted octanol–water partition coefficient (Wildman–Crippen LogP) is -1.43. The normalized spacial score (nSPS) is 38.3. The Kier molecular flexibility index (Phi) is 2.71. The van der Waals surface area contributed by atoms with Gasteiger partial charge in [0, 0.05) is 13.6 Å². The number of ether oxygens (including phenoxy) is 1. The summed E-state index contributed by atoms with van der Waals surface area (Å²) < 4.78 is 5.10. The molecule has 2 N–H and O–H groups in total. The predicted molar refractivity (Wildman–Crippen MR) is 49.8 cm³/mol. The first-order valence-corrected chi connectivity index (χ1v) is 4.95. The van der Waals surface area contributed by atoms with Crippen LogP contribution in [0.15, 0.2) is 0 Å². The molecular weight excluding hydrogens is 184 g/mol. The number of aliphatic hydroxyl groups is 1. The fraction of sp³-hybridized carbons (Fsp3) is 0.889. The number of likely N-dealkylation sites (tertiary alicyclic amines) is 1. The van der Waals surface area contributed by atoms with Gasteiger partial charge in [0.25, 0.3) is 0 Å². The van der Waals surface area contributed by atoms with Crippen LogP contribution < -0.4 is 5.32 Å². The van der Waals surface area contributed by atoms with E-state index in [1.54, 1.807) is 11.9 Å². The minimum absolute atomic E-state index is 0.0875. The highest BCUT2D eigenvalue weighted by molar-refractivity contribution is 5.83. The van der Waals surface area contributed by atoms with Crippen molar-refractivity contribution in [1.82, 2.24) is 10.2 Å². The third-order valence-electron chi connectivity index (χ3n) is 2.89. The molecule has 2 aliphatic heterocycles. The summed E-state index contributed by atoms with van der Waals surface area (Å²) in [6.45, 7) is 1.66. The zero-order valence-electron chi connectivity index (χ0n) is 8.27. The van der Waals surface area contributed by atoms with Crippen LogP contribution in [0.3, 0.4) is 0 Å². The summed E-state index contributed by atoms with van der Waals surface area (Å²) in [5.74, 6) is 0.115. The van der Waals surface area contributed by atoms with Crippen LogP contribution in [0.2, 0.25) is 0 Å². The molecule has 0 aromatic heterocycles.